The standard InChI is InChI=1S/C18H18/c1-2-17(18-13-7-4-8-14-18)15-9-12-16-10-5-3-6-11-16/h3-15H,2H2,1H3/b12-9+,17-15+. The summed E-state index contributed by atoms with van der Waals surface area (Å²) in [5.41, 5.74) is 3.90. The molecule has 0 saturated carbocycles. The van der Waals surface area contributed by atoms with Crippen molar-refractivity contribution in [3.05, 3.63) is 83.9 Å². The minimum absolute atomic E-state index is 1.04. The molecule has 0 aromatic heterocycles. The van der Waals surface area contributed by atoms with Crippen LogP contribution in [0, 0.1) is 0 Å². The highest BCUT2D eigenvalue weighted by molar-refractivity contribution is 5.68. The van der Waals surface area contributed by atoms with Crippen LogP contribution in [0.3, 0.4) is 0 Å². The first-order valence-electron chi connectivity index (χ1n) is 6.38. The Kier molecular flexibility index (Phi) is 4.54. The Morgan fingerprint density at radius 1 is 0.889 bits per heavy atom. The lowest BCUT2D eigenvalue weighted by Crippen LogP contribution is -1.80. The zero-order valence-electron chi connectivity index (χ0n) is 10.7. The number of allylic oxidation sites excluding steroid dienone is 3. The molecule has 0 heteroatoms. The molecule has 0 radical (unpaired) electrons. The maximum Gasteiger partial charge on any atom is -0.0225 e. The SMILES string of the molecule is CC/C(=C\C=C\c1ccccc1)c1ccccc1. The van der Waals surface area contributed by atoms with E-state index in [0.717, 1.165) is 6.42 Å². The number of hydrogen-bond donors (Lipinski definition) is 0. The van der Waals surface area contributed by atoms with Gasteiger partial charge < -0.3 is 0 Å². The van der Waals surface area contributed by atoms with Crippen molar-refractivity contribution in [3.8, 4) is 0 Å². The molecule has 0 amide bonds. The lowest BCUT2D eigenvalue weighted by molar-refractivity contribution is 1.24. The van der Waals surface area contributed by atoms with Crippen molar-refractivity contribution >= 4 is 11.6 Å². The molecule has 18 heavy (non-hydrogen) atoms. The number of hydrogen-bond acceptors (Lipinski definition) is 0. The average molecular weight is 234 g/mol. The summed E-state index contributed by atoms with van der Waals surface area (Å²) in [6.45, 7) is 2.19. The Balaban J connectivity index is 2.14. The first-order chi connectivity index (χ1) is 8.90. The van der Waals surface area contributed by atoms with E-state index in [1.165, 1.54) is 16.7 Å². The summed E-state index contributed by atoms with van der Waals surface area (Å²) in [5, 5.41) is 0. The Labute approximate surface area is 109 Å². The summed E-state index contributed by atoms with van der Waals surface area (Å²) in [6.07, 6.45) is 7.51. The van der Waals surface area contributed by atoms with Crippen LogP contribution in [-0.2, 0) is 0 Å². The summed E-state index contributed by atoms with van der Waals surface area (Å²) >= 11 is 0. The molecule has 0 spiro atoms. The van der Waals surface area contributed by atoms with Gasteiger partial charge in [0.1, 0.15) is 0 Å². The summed E-state index contributed by atoms with van der Waals surface area (Å²) in [4.78, 5) is 0. The van der Waals surface area contributed by atoms with Crippen molar-refractivity contribution in [1.29, 1.82) is 0 Å². The molecule has 0 atom stereocenters. The maximum absolute atomic E-state index is 2.20. The number of rotatable bonds is 4. The lowest BCUT2D eigenvalue weighted by Gasteiger charge is -2.02. The van der Waals surface area contributed by atoms with Gasteiger partial charge in [0.25, 0.3) is 0 Å². The first-order valence-corrected chi connectivity index (χ1v) is 6.38. The van der Waals surface area contributed by atoms with Crippen molar-refractivity contribution in [2.24, 2.45) is 0 Å². The van der Waals surface area contributed by atoms with Crippen LogP contribution in [-0.4, -0.2) is 0 Å². The van der Waals surface area contributed by atoms with Crippen molar-refractivity contribution in [1.82, 2.24) is 0 Å². The van der Waals surface area contributed by atoms with E-state index in [2.05, 4.69) is 79.7 Å². The first kappa shape index (κ1) is 12.4. The van der Waals surface area contributed by atoms with Gasteiger partial charge in [-0.2, -0.15) is 0 Å². The summed E-state index contributed by atoms with van der Waals surface area (Å²) in [7, 11) is 0. The summed E-state index contributed by atoms with van der Waals surface area (Å²) in [6, 6.07) is 20.9. The second-order valence-corrected chi connectivity index (χ2v) is 4.18. The van der Waals surface area contributed by atoms with Gasteiger partial charge in [-0.05, 0) is 23.1 Å². The van der Waals surface area contributed by atoms with Crippen LogP contribution in [0.4, 0.5) is 0 Å². The molecule has 2 aromatic carbocycles. The predicted molar refractivity (Wildman–Crippen MR) is 80.2 cm³/mol. The molecule has 0 N–H and O–H groups in total. The molecule has 0 bridgehead atoms. The minimum Gasteiger partial charge on any atom is -0.0622 e. The molecule has 0 nitrogen and oxygen atoms in total. The van der Waals surface area contributed by atoms with Gasteiger partial charge in [-0.3, -0.25) is 0 Å². The molecule has 0 saturated heterocycles. The minimum atomic E-state index is 1.04. The monoisotopic (exact) mass is 234 g/mol. The molecule has 0 heterocycles. The van der Waals surface area contributed by atoms with Gasteiger partial charge in [0.15, 0.2) is 0 Å². The van der Waals surface area contributed by atoms with Crippen LogP contribution in [0.15, 0.2) is 72.8 Å². The molecule has 0 fully saturated rings. The smallest absolute Gasteiger partial charge is 0.0225 e. The fourth-order valence-corrected chi connectivity index (χ4v) is 1.91. The van der Waals surface area contributed by atoms with E-state index in [1.54, 1.807) is 0 Å². The van der Waals surface area contributed by atoms with Crippen LogP contribution < -0.4 is 0 Å². The lowest BCUT2D eigenvalue weighted by atomic mass is 10.0. The molecular weight excluding hydrogens is 216 g/mol. The van der Waals surface area contributed by atoms with Crippen LogP contribution in [0.5, 0.6) is 0 Å². The maximum atomic E-state index is 2.20. The molecule has 2 rings (SSSR count). The van der Waals surface area contributed by atoms with E-state index in [9.17, 15) is 0 Å². The zero-order chi connectivity index (χ0) is 12.6. The molecule has 2 aromatic rings. The van der Waals surface area contributed by atoms with E-state index in [1.807, 2.05) is 6.07 Å². The van der Waals surface area contributed by atoms with Crippen LogP contribution in [0.2, 0.25) is 0 Å². The average Bonchev–Trinajstić information content (AvgIpc) is 2.46. The Morgan fingerprint density at radius 2 is 1.50 bits per heavy atom. The van der Waals surface area contributed by atoms with Crippen molar-refractivity contribution in [3.63, 3.8) is 0 Å². The van der Waals surface area contributed by atoms with Crippen molar-refractivity contribution in [2.75, 3.05) is 0 Å². The third-order valence-corrected chi connectivity index (χ3v) is 2.91. The van der Waals surface area contributed by atoms with Crippen molar-refractivity contribution in [2.45, 2.75) is 13.3 Å². The van der Waals surface area contributed by atoms with Gasteiger partial charge in [0.05, 0.1) is 0 Å². The highest BCUT2D eigenvalue weighted by Crippen LogP contribution is 2.17. The quantitative estimate of drug-likeness (QED) is 0.638. The van der Waals surface area contributed by atoms with E-state index in [4.69, 9.17) is 0 Å². The zero-order valence-corrected chi connectivity index (χ0v) is 10.7. The molecular formula is C18H18. The van der Waals surface area contributed by atoms with Crippen LogP contribution in [0.1, 0.15) is 24.5 Å². The summed E-state index contributed by atoms with van der Waals surface area (Å²) in [5.74, 6) is 0. The number of benzene rings is 2. The second kappa shape index (κ2) is 6.61. The van der Waals surface area contributed by atoms with Crippen LogP contribution >= 0.6 is 0 Å². The fraction of sp³-hybridized carbons (Fsp3) is 0.111. The third-order valence-electron chi connectivity index (χ3n) is 2.91. The van der Waals surface area contributed by atoms with Crippen molar-refractivity contribution < 1.29 is 0 Å². The topological polar surface area (TPSA) is 0 Å². The van der Waals surface area contributed by atoms with E-state index in [-0.39, 0.29) is 0 Å². The molecule has 0 aliphatic rings. The van der Waals surface area contributed by atoms with E-state index in [0.29, 0.717) is 0 Å². The molecule has 0 unspecified atom stereocenters. The largest absolute Gasteiger partial charge is 0.0622 e. The molecule has 0 aliphatic heterocycles. The fourth-order valence-electron chi connectivity index (χ4n) is 1.91. The van der Waals surface area contributed by atoms with Gasteiger partial charge in [0.2, 0.25) is 0 Å². The third kappa shape index (κ3) is 3.46. The molecule has 90 valence electrons. The Bertz CT molecular complexity index is 518. The van der Waals surface area contributed by atoms with Gasteiger partial charge in [0, 0.05) is 0 Å². The summed E-state index contributed by atoms with van der Waals surface area (Å²) < 4.78 is 0. The Hall–Kier alpha value is -2.08. The van der Waals surface area contributed by atoms with Gasteiger partial charge >= 0.3 is 0 Å². The van der Waals surface area contributed by atoms with Gasteiger partial charge in [-0.25, -0.2) is 0 Å². The normalized spacial score (nSPS) is 11.9. The van der Waals surface area contributed by atoms with Gasteiger partial charge in [-0.15, -0.1) is 0 Å². The highest BCUT2D eigenvalue weighted by atomic mass is 14.0. The highest BCUT2D eigenvalue weighted by Gasteiger charge is 1.95. The van der Waals surface area contributed by atoms with Gasteiger partial charge in [-0.1, -0.05) is 85.8 Å². The second-order valence-electron chi connectivity index (χ2n) is 4.18. The molecule has 0 aliphatic carbocycles. The predicted octanol–water partition coefficient (Wildman–Crippen LogP) is 5.19. The van der Waals surface area contributed by atoms with E-state index < -0.39 is 0 Å². The van der Waals surface area contributed by atoms with Crippen LogP contribution in [0.25, 0.3) is 11.6 Å². The van der Waals surface area contributed by atoms with E-state index >= 15 is 0 Å². The Morgan fingerprint density at radius 3 is 2.11 bits per heavy atom.